The smallest absolute Gasteiger partial charge is 0.365 e. The molecule has 0 radical (unpaired) electrons. The number of hydrogen-bond donors (Lipinski definition) is 0. The maximum atomic E-state index is 11.9. The van der Waals surface area contributed by atoms with E-state index in [-0.39, 0.29) is 25.4 Å². The zero-order valence-electron chi connectivity index (χ0n) is 10.5. The van der Waals surface area contributed by atoms with Crippen LogP contribution in [0.2, 0.25) is 5.02 Å². The molecule has 20 heavy (non-hydrogen) atoms. The standard InChI is InChI=1S/C13H13ClF3NO2/c14-11-4-2-1-3-9(11)5-12(19)18-6-10(7-18)20-8-13(15,16)17/h1-4,10H,5-8H2. The van der Waals surface area contributed by atoms with Gasteiger partial charge in [-0.15, -0.1) is 0 Å². The summed E-state index contributed by atoms with van der Waals surface area (Å²) in [6.45, 7) is -0.886. The Bertz CT molecular complexity index is 487. The highest BCUT2D eigenvalue weighted by Crippen LogP contribution is 2.21. The quantitative estimate of drug-likeness (QED) is 0.856. The van der Waals surface area contributed by atoms with Crippen LogP contribution in [-0.2, 0) is 16.0 Å². The summed E-state index contributed by atoms with van der Waals surface area (Å²) in [6.07, 6.45) is -4.72. The summed E-state index contributed by atoms with van der Waals surface area (Å²) >= 11 is 5.94. The number of hydrogen-bond acceptors (Lipinski definition) is 2. The van der Waals surface area contributed by atoms with Crippen molar-refractivity contribution in [1.82, 2.24) is 4.90 Å². The zero-order chi connectivity index (χ0) is 14.8. The molecule has 2 rings (SSSR count). The first-order chi connectivity index (χ1) is 9.35. The van der Waals surface area contributed by atoms with Crippen molar-refractivity contribution in [3.05, 3.63) is 34.9 Å². The van der Waals surface area contributed by atoms with Crippen molar-refractivity contribution >= 4 is 17.5 Å². The van der Waals surface area contributed by atoms with Gasteiger partial charge in [0.05, 0.1) is 12.5 Å². The van der Waals surface area contributed by atoms with E-state index in [2.05, 4.69) is 4.74 Å². The minimum absolute atomic E-state index is 0.145. The largest absolute Gasteiger partial charge is 0.411 e. The van der Waals surface area contributed by atoms with Gasteiger partial charge in [0.15, 0.2) is 0 Å². The van der Waals surface area contributed by atoms with Gasteiger partial charge in [0.1, 0.15) is 6.61 Å². The van der Waals surface area contributed by atoms with Crippen molar-refractivity contribution < 1.29 is 22.7 Å². The Morgan fingerprint density at radius 3 is 2.60 bits per heavy atom. The molecule has 0 aromatic heterocycles. The molecule has 0 N–H and O–H groups in total. The molecule has 1 amide bonds. The molecule has 0 saturated carbocycles. The van der Waals surface area contributed by atoms with E-state index in [1.807, 2.05) is 0 Å². The molecule has 1 saturated heterocycles. The molecule has 1 aliphatic heterocycles. The number of carbonyl (C=O) groups is 1. The molecule has 0 bridgehead atoms. The third-order valence-electron chi connectivity index (χ3n) is 2.98. The molecule has 110 valence electrons. The first-order valence-electron chi connectivity index (χ1n) is 6.04. The van der Waals surface area contributed by atoms with E-state index in [1.54, 1.807) is 24.3 Å². The Hall–Kier alpha value is -1.27. The number of likely N-dealkylation sites (tertiary alicyclic amines) is 1. The van der Waals surface area contributed by atoms with E-state index in [0.717, 1.165) is 0 Å². The van der Waals surface area contributed by atoms with Crippen LogP contribution in [0.3, 0.4) is 0 Å². The van der Waals surface area contributed by atoms with E-state index < -0.39 is 18.9 Å². The van der Waals surface area contributed by atoms with Crippen LogP contribution in [0, 0.1) is 0 Å². The molecule has 1 heterocycles. The monoisotopic (exact) mass is 307 g/mol. The van der Waals surface area contributed by atoms with E-state index in [0.29, 0.717) is 10.6 Å². The Morgan fingerprint density at radius 1 is 1.35 bits per heavy atom. The SMILES string of the molecule is O=C(Cc1ccccc1Cl)N1CC(OCC(F)(F)F)C1. The van der Waals surface area contributed by atoms with Crippen LogP contribution in [0.4, 0.5) is 13.2 Å². The molecule has 7 heteroatoms. The number of rotatable bonds is 4. The van der Waals surface area contributed by atoms with E-state index in [1.165, 1.54) is 4.90 Å². The van der Waals surface area contributed by atoms with Crippen molar-refractivity contribution in [1.29, 1.82) is 0 Å². The Labute approximate surface area is 119 Å². The Balaban J connectivity index is 1.76. The topological polar surface area (TPSA) is 29.5 Å². The van der Waals surface area contributed by atoms with Gasteiger partial charge in [0.2, 0.25) is 5.91 Å². The average molecular weight is 308 g/mol. The Kier molecular flexibility index (Phi) is 4.55. The maximum Gasteiger partial charge on any atom is 0.411 e. The van der Waals surface area contributed by atoms with Crippen molar-refractivity contribution in [2.75, 3.05) is 19.7 Å². The minimum Gasteiger partial charge on any atom is -0.365 e. The highest BCUT2D eigenvalue weighted by molar-refractivity contribution is 6.31. The second-order valence-electron chi connectivity index (χ2n) is 4.62. The maximum absolute atomic E-state index is 11.9. The summed E-state index contributed by atoms with van der Waals surface area (Å²) in [5.41, 5.74) is 0.707. The lowest BCUT2D eigenvalue weighted by molar-refractivity contribution is -0.199. The van der Waals surface area contributed by atoms with Crippen LogP contribution in [0.1, 0.15) is 5.56 Å². The fourth-order valence-corrected chi connectivity index (χ4v) is 2.08. The lowest BCUT2D eigenvalue weighted by Crippen LogP contribution is -2.55. The summed E-state index contributed by atoms with van der Waals surface area (Å²) in [4.78, 5) is 13.3. The van der Waals surface area contributed by atoms with Crippen molar-refractivity contribution in [2.24, 2.45) is 0 Å². The fourth-order valence-electron chi connectivity index (χ4n) is 1.88. The predicted octanol–water partition coefficient (Wildman–Crippen LogP) is 2.67. The summed E-state index contributed by atoms with van der Waals surface area (Å²) < 4.78 is 40.5. The van der Waals surface area contributed by atoms with Gasteiger partial charge in [-0.05, 0) is 11.6 Å². The first kappa shape index (κ1) is 15.1. The van der Waals surface area contributed by atoms with Gasteiger partial charge in [-0.2, -0.15) is 13.2 Å². The first-order valence-corrected chi connectivity index (χ1v) is 6.42. The van der Waals surface area contributed by atoms with Crippen molar-refractivity contribution in [2.45, 2.75) is 18.7 Å². The van der Waals surface area contributed by atoms with Gasteiger partial charge in [0.25, 0.3) is 0 Å². The molecular formula is C13H13ClF3NO2. The minimum atomic E-state index is -4.33. The van der Waals surface area contributed by atoms with Crippen LogP contribution < -0.4 is 0 Å². The van der Waals surface area contributed by atoms with Crippen molar-refractivity contribution in [3.8, 4) is 0 Å². The molecule has 1 fully saturated rings. The third kappa shape index (κ3) is 4.11. The predicted molar refractivity (Wildman–Crippen MR) is 67.5 cm³/mol. The number of alkyl halides is 3. The number of carbonyl (C=O) groups excluding carboxylic acids is 1. The highest BCUT2D eigenvalue weighted by atomic mass is 35.5. The number of halogens is 4. The molecule has 0 spiro atoms. The molecular weight excluding hydrogens is 295 g/mol. The van der Waals surface area contributed by atoms with Gasteiger partial charge in [-0.1, -0.05) is 29.8 Å². The van der Waals surface area contributed by atoms with Crippen LogP contribution in [0.25, 0.3) is 0 Å². The lowest BCUT2D eigenvalue weighted by Gasteiger charge is -2.39. The summed E-state index contributed by atoms with van der Waals surface area (Å²) in [5.74, 6) is -0.162. The van der Waals surface area contributed by atoms with Gasteiger partial charge in [-0.25, -0.2) is 0 Å². The number of nitrogens with zero attached hydrogens (tertiary/aromatic N) is 1. The molecule has 1 aromatic carbocycles. The van der Waals surface area contributed by atoms with E-state index in [9.17, 15) is 18.0 Å². The van der Waals surface area contributed by atoms with Gasteiger partial charge in [0, 0.05) is 18.1 Å². The van der Waals surface area contributed by atoms with Crippen LogP contribution in [-0.4, -0.2) is 42.8 Å². The summed E-state index contributed by atoms with van der Waals surface area (Å²) in [6, 6.07) is 6.98. The molecule has 1 aliphatic rings. The van der Waals surface area contributed by atoms with Gasteiger partial charge < -0.3 is 9.64 Å². The second-order valence-corrected chi connectivity index (χ2v) is 5.02. The van der Waals surface area contributed by atoms with Gasteiger partial charge >= 0.3 is 6.18 Å². The highest BCUT2D eigenvalue weighted by Gasteiger charge is 2.35. The molecule has 3 nitrogen and oxygen atoms in total. The molecule has 1 aromatic rings. The number of ether oxygens (including phenoxy) is 1. The van der Waals surface area contributed by atoms with Crippen LogP contribution in [0.15, 0.2) is 24.3 Å². The Morgan fingerprint density at radius 2 is 2.00 bits per heavy atom. The third-order valence-corrected chi connectivity index (χ3v) is 3.35. The van der Waals surface area contributed by atoms with Crippen molar-refractivity contribution in [3.63, 3.8) is 0 Å². The fraction of sp³-hybridized carbons (Fsp3) is 0.462. The lowest BCUT2D eigenvalue weighted by atomic mass is 10.1. The van der Waals surface area contributed by atoms with Crippen LogP contribution in [0.5, 0.6) is 0 Å². The van der Waals surface area contributed by atoms with Crippen LogP contribution >= 0.6 is 11.6 Å². The van der Waals surface area contributed by atoms with E-state index >= 15 is 0 Å². The number of amides is 1. The molecule has 0 unspecified atom stereocenters. The second kappa shape index (κ2) is 6.01. The zero-order valence-corrected chi connectivity index (χ0v) is 11.2. The molecule has 0 aliphatic carbocycles. The molecule has 0 atom stereocenters. The summed E-state index contributed by atoms with van der Waals surface area (Å²) in [7, 11) is 0. The van der Waals surface area contributed by atoms with Gasteiger partial charge in [-0.3, -0.25) is 4.79 Å². The van der Waals surface area contributed by atoms with E-state index in [4.69, 9.17) is 11.6 Å². The normalized spacial score (nSPS) is 16.1. The number of benzene rings is 1. The summed E-state index contributed by atoms with van der Waals surface area (Å²) in [5, 5.41) is 0.506. The average Bonchev–Trinajstić information content (AvgIpc) is 2.28.